The lowest BCUT2D eigenvalue weighted by atomic mass is 10.1. The largest absolute Gasteiger partial charge is 0.494 e. The molecule has 3 aromatic carbocycles. The van der Waals surface area contributed by atoms with Crippen molar-refractivity contribution in [2.24, 2.45) is 0 Å². The second-order valence-corrected chi connectivity index (χ2v) is 9.02. The monoisotopic (exact) mass is 513 g/mol. The van der Waals surface area contributed by atoms with E-state index in [0.717, 1.165) is 17.7 Å². The molecule has 7 nitrogen and oxygen atoms in total. The molecule has 0 aliphatic carbocycles. The summed E-state index contributed by atoms with van der Waals surface area (Å²) in [5, 5.41) is 0.518. The minimum absolute atomic E-state index is 0.128. The highest BCUT2D eigenvalue weighted by Crippen LogP contribution is 2.28. The zero-order valence-electron chi connectivity index (χ0n) is 22.5. The Hall–Kier alpha value is -3.97. The Labute approximate surface area is 223 Å². The minimum Gasteiger partial charge on any atom is -0.494 e. The molecule has 1 heterocycles. The molecule has 0 aliphatic heterocycles. The molecule has 198 valence electrons. The second kappa shape index (κ2) is 12.5. The van der Waals surface area contributed by atoms with Gasteiger partial charge in [-0.1, -0.05) is 38.1 Å². The maximum absolute atomic E-state index is 13.9. The third-order valence-electron chi connectivity index (χ3n) is 6.67. The molecule has 4 rings (SSSR count). The number of amides is 1. The molecule has 7 heteroatoms. The first-order valence-electron chi connectivity index (χ1n) is 13.2. The van der Waals surface area contributed by atoms with E-state index in [2.05, 4.69) is 6.92 Å². The fourth-order valence-electron chi connectivity index (χ4n) is 4.66. The van der Waals surface area contributed by atoms with Gasteiger partial charge in [-0.15, -0.1) is 0 Å². The SMILES string of the molecule is CCOc1ccc(-n2c(C(CC)N(CCOC)C(=O)c3ccc(CC)cc3)nc3ccccc3c2=O)cc1. The fourth-order valence-corrected chi connectivity index (χ4v) is 4.66. The number of aromatic nitrogens is 2. The number of hydrogen-bond acceptors (Lipinski definition) is 5. The van der Waals surface area contributed by atoms with Gasteiger partial charge in [0.25, 0.3) is 11.5 Å². The zero-order chi connectivity index (χ0) is 27.1. The van der Waals surface area contributed by atoms with Crippen LogP contribution in [0.4, 0.5) is 0 Å². The van der Waals surface area contributed by atoms with Crippen molar-refractivity contribution in [3.05, 3.63) is 100 Å². The van der Waals surface area contributed by atoms with Crippen molar-refractivity contribution >= 4 is 16.8 Å². The third-order valence-corrected chi connectivity index (χ3v) is 6.67. The van der Waals surface area contributed by atoms with Gasteiger partial charge in [0, 0.05) is 19.2 Å². The van der Waals surface area contributed by atoms with Gasteiger partial charge in [-0.3, -0.25) is 14.2 Å². The van der Waals surface area contributed by atoms with Crippen molar-refractivity contribution in [1.29, 1.82) is 0 Å². The average Bonchev–Trinajstić information content (AvgIpc) is 2.96. The normalized spacial score (nSPS) is 11.9. The number of nitrogens with zero attached hydrogens (tertiary/aromatic N) is 3. The van der Waals surface area contributed by atoms with Crippen LogP contribution in [0.5, 0.6) is 5.75 Å². The number of ether oxygens (including phenoxy) is 2. The van der Waals surface area contributed by atoms with E-state index < -0.39 is 6.04 Å². The lowest BCUT2D eigenvalue weighted by Gasteiger charge is -2.32. The van der Waals surface area contributed by atoms with E-state index in [0.29, 0.717) is 54.2 Å². The van der Waals surface area contributed by atoms with Crippen molar-refractivity contribution in [3.8, 4) is 11.4 Å². The standard InChI is InChI=1S/C31H35N3O4/c1-5-22-12-14-23(15-13-22)30(35)33(20-21-37-4)28(6-2)29-32-27-11-9-8-10-26(27)31(36)34(29)24-16-18-25(19-17-24)38-7-3/h8-19,28H,5-7,20-21H2,1-4H3. The van der Waals surface area contributed by atoms with Crippen LogP contribution in [0.3, 0.4) is 0 Å². The van der Waals surface area contributed by atoms with E-state index >= 15 is 0 Å². The van der Waals surface area contributed by atoms with E-state index in [1.165, 1.54) is 0 Å². The number of rotatable bonds is 11. The molecule has 1 atom stereocenters. The van der Waals surface area contributed by atoms with Crippen LogP contribution in [-0.4, -0.2) is 47.2 Å². The van der Waals surface area contributed by atoms with Crippen LogP contribution in [0.15, 0.2) is 77.6 Å². The van der Waals surface area contributed by atoms with Crippen molar-refractivity contribution in [3.63, 3.8) is 0 Å². The number of aryl methyl sites for hydroxylation is 1. The van der Waals surface area contributed by atoms with Crippen LogP contribution in [0.1, 0.15) is 55.0 Å². The minimum atomic E-state index is -0.465. The molecule has 4 aromatic rings. The molecular formula is C31H35N3O4. The summed E-state index contributed by atoms with van der Waals surface area (Å²) in [6, 6.07) is 21.9. The van der Waals surface area contributed by atoms with Crippen LogP contribution in [-0.2, 0) is 11.2 Å². The first-order chi connectivity index (χ1) is 18.5. The Balaban J connectivity index is 1.88. The number of carbonyl (C=O) groups is 1. The van der Waals surface area contributed by atoms with Crippen LogP contribution in [0.2, 0.25) is 0 Å². The molecule has 0 saturated heterocycles. The summed E-state index contributed by atoms with van der Waals surface area (Å²) < 4.78 is 12.6. The van der Waals surface area contributed by atoms with E-state index in [1.807, 2.05) is 80.6 Å². The van der Waals surface area contributed by atoms with Crippen molar-refractivity contribution < 1.29 is 14.3 Å². The average molecular weight is 514 g/mol. The summed E-state index contributed by atoms with van der Waals surface area (Å²) >= 11 is 0. The van der Waals surface area contributed by atoms with Crippen LogP contribution in [0.25, 0.3) is 16.6 Å². The van der Waals surface area contributed by atoms with Crippen LogP contribution >= 0.6 is 0 Å². The van der Waals surface area contributed by atoms with Gasteiger partial charge in [-0.05, 0) is 73.9 Å². The van der Waals surface area contributed by atoms with Crippen molar-refractivity contribution in [1.82, 2.24) is 14.5 Å². The quantitative estimate of drug-likeness (QED) is 0.262. The fraction of sp³-hybridized carbons (Fsp3) is 0.323. The van der Waals surface area contributed by atoms with Gasteiger partial charge in [-0.25, -0.2) is 4.98 Å². The van der Waals surface area contributed by atoms with E-state index in [9.17, 15) is 9.59 Å². The molecule has 0 saturated carbocycles. The van der Waals surface area contributed by atoms with Gasteiger partial charge in [0.2, 0.25) is 0 Å². The summed E-state index contributed by atoms with van der Waals surface area (Å²) in [5.74, 6) is 1.10. The molecule has 0 radical (unpaired) electrons. The Bertz CT molecular complexity index is 1430. The number of hydrogen-bond donors (Lipinski definition) is 0. The van der Waals surface area contributed by atoms with Gasteiger partial charge >= 0.3 is 0 Å². The molecule has 0 aliphatic rings. The predicted molar refractivity (Wildman–Crippen MR) is 150 cm³/mol. The molecular weight excluding hydrogens is 478 g/mol. The topological polar surface area (TPSA) is 73.7 Å². The highest BCUT2D eigenvalue weighted by molar-refractivity contribution is 5.94. The molecule has 0 bridgehead atoms. The molecule has 0 spiro atoms. The highest BCUT2D eigenvalue weighted by atomic mass is 16.5. The van der Waals surface area contributed by atoms with Gasteiger partial charge in [-0.2, -0.15) is 0 Å². The summed E-state index contributed by atoms with van der Waals surface area (Å²) in [5.41, 5.74) is 2.83. The Morgan fingerprint density at radius 2 is 1.68 bits per heavy atom. The summed E-state index contributed by atoms with van der Waals surface area (Å²) in [6.45, 7) is 7.28. The lowest BCUT2D eigenvalue weighted by Crippen LogP contribution is -2.40. The maximum Gasteiger partial charge on any atom is 0.266 e. The summed E-state index contributed by atoms with van der Waals surface area (Å²) in [4.78, 5) is 34.5. The number of fused-ring (bicyclic) bond motifs is 1. The van der Waals surface area contributed by atoms with Gasteiger partial charge < -0.3 is 14.4 Å². The van der Waals surface area contributed by atoms with Crippen LogP contribution in [0, 0.1) is 0 Å². The smallest absolute Gasteiger partial charge is 0.266 e. The number of benzene rings is 3. The number of carbonyl (C=O) groups excluding carboxylic acids is 1. The Kier molecular flexibility index (Phi) is 8.92. The van der Waals surface area contributed by atoms with Crippen molar-refractivity contribution in [2.75, 3.05) is 26.9 Å². The van der Waals surface area contributed by atoms with Crippen LogP contribution < -0.4 is 10.3 Å². The highest BCUT2D eigenvalue weighted by Gasteiger charge is 2.29. The van der Waals surface area contributed by atoms with E-state index in [4.69, 9.17) is 14.5 Å². The third kappa shape index (κ3) is 5.63. The van der Waals surface area contributed by atoms with Crippen molar-refractivity contribution in [2.45, 2.75) is 39.7 Å². The first-order valence-corrected chi connectivity index (χ1v) is 13.2. The summed E-state index contributed by atoms with van der Waals surface area (Å²) in [7, 11) is 1.61. The Morgan fingerprint density at radius 1 is 0.974 bits per heavy atom. The maximum atomic E-state index is 13.9. The first kappa shape index (κ1) is 27.1. The van der Waals surface area contributed by atoms with E-state index in [1.54, 1.807) is 22.6 Å². The van der Waals surface area contributed by atoms with Gasteiger partial charge in [0.15, 0.2) is 0 Å². The number of methoxy groups -OCH3 is 1. The molecule has 1 aromatic heterocycles. The molecule has 1 amide bonds. The second-order valence-electron chi connectivity index (χ2n) is 9.02. The predicted octanol–water partition coefficient (Wildman–Crippen LogP) is 5.59. The molecule has 1 unspecified atom stereocenters. The number of para-hydroxylation sites is 1. The molecule has 0 N–H and O–H groups in total. The van der Waals surface area contributed by atoms with Gasteiger partial charge in [0.05, 0.1) is 35.8 Å². The lowest BCUT2D eigenvalue weighted by molar-refractivity contribution is 0.0579. The Morgan fingerprint density at radius 3 is 2.32 bits per heavy atom. The van der Waals surface area contributed by atoms with E-state index in [-0.39, 0.29) is 11.5 Å². The summed E-state index contributed by atoms with van der Waals surface area (Å²) in [6.07, 6.45) is 1.46. The molecule has 38 heavy (non-hydrogen) atoms. The zero-order valence-corrected chi connectivity index (χ0v) is 22.5. The molecule has 0 fully saturated rings. The van der Waals surface area contributed by atoms with Gasteiger partial charge in [0.1, 0.15) is 11.6 Å².